The molecule has 0 spiro atoms. The first kappa shape index (κ1) is 19.2. The SMILES string of the molecule is CC(C)NC(=O)CN1CCN(C(=O)CC2(CN)CCCCC2)CC1. The van der Waals surface area contributed by atoms with E-state index >= 15 is 0 Å². The van der Waals surface area contributed by atoms with Crippen LogP contribution in [0.25, 0.3) is 0 Å². The molecule has 2 aliphatic rings. The van der Waals surface area contributed by atoms with Gasteiger partial charge in [0.15, 0.2) is 0 Å². The minimum Gasteiger partial charge on any atom is -0.353 e. The van der Waals surface area contributed by atoms with E-state index in [0.717, 1.165) is 25.9 Å². The Morgan fingerprint density at radius 2 is 1.71 bits per heavy atom. The first-order valence-electron chi connectivity index (χ1n) is 9.44. The smallest absolute Gasteiger partial charge is 0.234 e. The van der Waals surface area contributed by atoms with Gasteiger partial charge in [-0.25, -0.2) is 0 Å². The Labute approximate surface area is 146 Å². The quantitative estimate of drug-likeness (QED) is 0.756. The zero-order valence-electron chi connectivity index (χ0n) is 15.4. The Kier molecular flexibility index (Phi) is 7.04. The number of piperazine rings is 1. The summed E-state index contributed by atoms with van der Waals surface area (Å²) in [5.41, 5.74) is 6.04. The average Bonchev–Trinajstić information content (AvgIpc) is 2.55. The third-order valence-corrected chi connectivity index (χ3v) is 5.42. The average molecular weight is 338 g/mol. The van der Waals surface area contributed by atoms with E-state index in [-0.39, 0.29) is 23.3 Å². The summed E-state index contributed by atoms with van der Waals surface area (Å²) in [6.07, 6.45) is 6.44. The van der Waals surface area contributed by atoms with Crippen molar-refractivity contribution in [3.63, 3.8) is 0 Å². The number of carbonyl (C=O) groups excluding carboxylic acids is 2. The maximum Gasteiger partial charge on any atom is 0.234 e. The highest BCUT2D eigenvalue weighted by atomic mass is 16.2. The number of carbonyl (C=O) groups is 2. The van der Waals surface area contributed by atoms with Gasteiger partial charge in [-0.2, -0.15) is 0 Å². The van der Waals surface area contributed by atoms with Crippen molar-refractivity contribution in [1.29, 1.82) is 0 Å². The molecule has 2 rings (SSSR count). The Hall–Kier alpha value is -1.14. The molecular weight excluding hydrogens is 304 g/mol. The molecule has 0 aromatic carbocycles. The minimum absolute atomic E-state index is 0.0314. The van der Waals surface area contributed by atoms with E-state index in [9.17, 15) is 9.59 Å². The third kappa shape index (κ3) is 5.45. The summed E-state index contributed by atoms with van der Waals surface area (Å²) in [7, 11) is 0. The predicted octanol–water partition coefficient (Wildman–Crippen LogP) is 0.955. The van der Waals surface area contributed by atoms with Crippen molar-refractivity contribution in [3.8, 4) is 0 Å². The number of nitrogens with zero attached hydrogens (tertiary/aromatic N) is 2. The van der Waals surface area contributed by atoms with E-state index in [4.69, 9.17) is 5.73 Å². The van der Waals surface area contributed by atoms with Crippen LogP contribution in [0.3, 0.4) is 0 Å². The van der Waals surface area contributed by atoms with Crippen LogP contribution in [0.5, 0.6) is 0 Å². The van der Waals surface area contributed by atoms with Crippen LogP contribution in [0.2, 0.25) is 0 Å². The lowest BCUT2D eigenvalue weighted by atomic mass is 9.71. The molecule has 0 radical (unpaired) electrons. The lowest BCUT2D eigenvalue weighted by Gasteiger charge is -2.39. The van der Waals surface area contributed by atoms with Crippen molar-refractivity contribution in [1.82, 2.24) is 15.1 Å². The van der Waals surface area contributed by atoms with Crippen molar-refractivity contribution >= 4 is 11.8 Å². The fraction of sp³-hybridized carbons (Fsp3) is 0.889. The van der Waals surface area contributed by atoms with Crippen LogP contribution in [-0.2, 0) is 9.59 Å². The highest BCUT2D eigenvalue weighted by Crippen LogP contribution is 2.38. The molecule has 1 heterocycles. The lowest BCUT2D eigenvalue weighted by molar-refractivity contribution is -0.136. The zero-order chi connectivity index (χ0) is 17.6. The van der Waals surface area contributed by atoms with Gasteiger partial charge in [0.05, 0.1) is 6.54 Å². The standard InChI is InChI=1S/C18H34N4O2/c1-15(2)20-16(23)13-21-8-10-22(11-9-21)17(24)12-18(14-19)6-4-3-5-7-18/h15H,3-14,19H2,1-2H3,(H,20,23). The first-order valence-corrected chi connectivity index (χ1v) is 9.44. The zero-order valence-corrected chi connectivity index (χ0v) is 15.4. The molecule has 1 saturated heterocycles. The van der Waals surface area contributed by atoms with Gasteiger partial charge in [-0.1, -0.05) is 19.3 Å². The van der Waals surface area contributed by atoms with Crippen LogP contribution in [-0.4, -0.2) is 66.9 Å². The highest BCUT2D eigenvalue weighted by Gasteiger charge is 2.35. The Balaban J connectivity index is 1.77. The lowest BCUT2D eigenvalue weighted by Crippen LogP contribution is -2.52. The van der Waals surface area contributed by atoms with Gasteiger partial charge in [0.2, 0.25) is 11.8 Å². The molecule has 0 aromatic rings. The molecule has 1 aliphatic carbocycles. The van der Waals surface area contributed by atoms with Crippen LogP contribution in [0.4, 0.5) is 0 Å². The summed E-state index contributed by atoms with van der Waals surface area (Å²) in [4.78, 5) is 28.6. The summed E-state index contributed by atoms with van der Waals surface area (Å²) < 4.78 is 0. The third-order valence-electron chi connectivity index (χ3n) is 5.42. The molecule has 0 atom stereocenters. The first-order chi connectivity index (χ1) is 11.4. The van der Waals surface area contributed by atoms with Crippen LogP contribution in [0.15, 0.2) is 0 Å². The monoisotopic (exact) mass is 338 g/mol. The number of amides is 2. The van der Waals surface area contributed by atoms with Gasteiger partial charge in [-0.15, -0.1) is 0 Å². The molecule has 0 aromatic heterocycles. The fourth-order valence-electron chi connectivity index (χ4n) is 3.91. The van der Waals surface area contributed by atoms with Crippen LogP contribution >= 0.6 is 0 Å². The second kappa shape index (κ2) is 8.81. The van der Waals surface area contributed by atoms with Gasteiger partial charge >= 0.3 is 0 Å². The number of nitrogens with two attached hydrogens (primary N) is 1. The summed E-state index contributed by atoms with van der Waals surface area (Å²) in [6.45, 7) is 7.95. The molecule has 1 aliphatic heterocycles. The van der Waals surface area contributed by atoms with Gasteiger partial charge in [0, 0.05) is 38.6 Å². The van der Waals surface area contributed by atoms with Crippen LogP contribution < -0.4 is 11.1 Å². The van der Waals surface area contributed by atoms with Gasteiger partial charge in [0.25, 0.3) is 0 Å². The molecular formula is C18H34N4O2. The van der Waals surface area contributed by atoms with E-state index in [2.05, 4.69) is 10.2 Å². The summed E-state index contributed by atoms with van der Waals surface area (Å²) in [5, 5.41) is 2.92. The maximum atomic E-state index is 12.7. The second-order valence-electron chi connectivity index (χ2n) is 7.82. The minimum atomic E-state index is 0.0314. The van der Waals surface area contributed by atoms with E-state index < -0.39 is 0 Å². The molecule has 0 unspecified atom stereocenters. The Morgan fingerprint density at radius 3 is 2.25 bits per heavy atom. The summed E-state index contributed by atoms with van der Waals surface area (Å²) >= 11 is 0. The molecule has 2 amide bonds. The molecule has 6 nitrogen and oxygen atoms in total. The number of hydrogen-bond donors (Lipinski definition) is 2. The van der Waals surface area contributed by atoms with Crippen molar-refractivity contribution in [2.24, 2.45) is 11.1 Å². The second-order valence-corrected chi connectivity index (χ2v) is 7.82. The summed E-state index contributed by atoms with van der Waals surface area (Å²) in [5.74, 6) is 0.308. The van der Waals surface area contributed by atoms with Crippen molar-refractivity contribution in [2.75, 3.05) is 39.3 Å². The number of hydrogen-bond acceptors (Lipinski definition) is 4. The molecule has 138 valence electrons. The van der Waals surface area contributed by atoms with Crippen molar-refractivity contribution in [2.45, 2.75) is 58.4 Å². The van der Waals surface area contributed by atoms with E-state index in [1.807, 2.05) is 18.7 Å². The summed E-state index contributed by atoms with van der Waals surface area (Å²) in [6, 6.07) is 0.170. The fourth-order valence-corrected chi connectivity index (χ4v) is 3.91. The number of nitrogens with one attached hydrogen (secondary N) is 1. The predicted molar refractivity (Wildman–Crippen MR) is 95.5 cm³/mol. The Morgan fingerprint density at radius 1 is 1.08 bits per heavy atom. The molecule has 1 saturated carbocycles. The molecule has 24 heavy (non-hydrogen) atoms. The molecule has 2 fully saturated rings. The van der Waals surface area contributed by atoms with E-state index in [1.165, 1.54) is 19.3 Å². The van der Waals surface area contributed by atoms with Crippen molar-refractivity contribution in [3.05, 3.63) is 0 Å². The molecule has 3 N–H and O–H groups in total. The van der Waals surface area contributed by atoms with Crippen LogP contribution in [0, 0.1) is 5.41 Å². The van der Waals surface area contributed by atoms with Gasteiger partial charge in [-0.3, -0.25) is 14.5 Å². The largest absolute Gasteiger partial charge is 0.353 e. The topological polar surface area (TPSA) is 78.7 Å². The molecule has 6 heteroatoms. The van der Waals surface area contributed by atoms with Gasteiger partial charge < -0.3 is 16.0 Å². The van der Waals surface area contributed by atoms with Gasteiger partial charge in [0.1, 0.15) is 0 Å². The number of rotatable bonds is 6. The highest BCUT2D eigenvalue weighted by molar-refractivity contribution is 5.78. The maximum absolute atomic E-state index is 12.7. The van der Waals surface area contributed by atoms with Gasteiger partial charge in [-0.05, 0) is 38.6 Å². The van der Waals surface area contributed by atoms with Crippen molar-refractivity contribution < 1.29 is 9.59 Å². The normalized spacial score (nSPS) is 21.8. The Bertz CT molecular complexity index is 425. The molecule has 0 bridgehead atoms. The van der Waals surface area contributed by atoms with Crippen LogP contribution in [0.1, 0.15) is 52.4 Å². The van der Waals surface area contributed by atoms with E-state index in [1.54, 1.807) is 0 Å². The van der Waals surface area contributed by atoms with E-state index in [0.29, 0.717) is 32.6 Å².